The minimum Gasteiger partial charge on any atom is -0.479 e. The summed E-state index contributed by atoms with van der Waals surface area (Å²) in [5.41, 5.74) is 6.51. The lowest BCUT2D eigenvalue weighted by Crippen LogP contribution is -2.63. The molecule has 1 aromatic rings. The number of rotatable bonds is 9. The number of esters is 1. The SMILES string of the molecule is CC(=O)OC1C[C@H](O)C(C(=O)O)O[C@H]1O[C@@H]1C(O)[C@H](Oc2ccc(CCN)cc2)OC(CO)[C@@H]1O. The molecule has 35 heavy (non-hydrogen) atoms. The van der Waals surface area contributed by atoms with Gasteiger partial charge in [-0.05, 0) is 30.7 Å². The molecule has 2 fully saturated rings. The van der Waals surface area contributed by atoms with E-state index in [1.807, 2.05) is 0 Å². The first kappa shape index (κ1) is 27.2. The van der Waals surface area contributed by atoms with Crippen LogP contribution in [0.15, 0.2) is 24.3 Å². The molecule has 0 amide bonds. The van der Waals surface area contributed by atoms with Gasteiger partial charge in [0.25, 0.3) is 0 Å². The second-order valence-corrected chi connectivity index (χ2v) is 8.32. The Morgan fingerprint density at radius 3 is 2.34 bits per heavy atom. The summed E-state index contributed by atoms with van der Waals surface area (Å²) in [5, 5.41) is 50.6. The molecular weight excluding hydrogens is 470 g/mol. The van der Waals surface area contributed by atoms with Crippen LogP contribution < -0.4 is 10.5 Å². The molecule has 9 atom stereocenters. The molecule has 0 bridgehead atoms. The smallest absolute Gasteiger partial charge is 0.335 e. The predicted molar refractivity (Wildman–Crippen MR) is 115 cm³/mol. The zero-order chi connectivity index (χ0) is 25.7. The van der Waals surface area contributed by atoms with Gasteiger partial charge in [0, 0.05) is 13.3 Å². The molecule has 7 N–H and O–H groups in total. The Bertz CT molecular complexity index is 851. The van der Waals surface area contributed by atoms with Crippen molar-refractivity contribution in [2.24, 2.45) is 5.73 Å². The molecule has 196 valence electrons. The number of carbonyl (C=O) groups excluding carboxylic acids is 1. The standard InChI is InChI=1S/C22H31NO12/c1-10(25)31-14-8-13(26)18(20(29)30)34-21(14)35-19-16(27)15(9-24)33-22(17(19)28)32-12-4-2-11(3-5-12)6-7-23/h2-5,13-19,21-22,24,26-28H,6-9,23H2,1H3,(H,29,30)/t13-,14?,15?,16-,17?,18?,19-,21-,22+/m0/s1. The van der Waals surface area contributed by atoms with Crippen LogP contribution in [0.25, 0.3) is 0 Å². The van der Waals surface area contributed by atoms with E-state index < -0.39 is 73.9 Å². The van der Waals surface area contributed by atoms with E-state index in [1.165, 1.54) is 0 Å². The van der Waals surface area contributed by atoms with Gasteiger partial charge in [-0.15, -0.1) is 0 Å². The van der Waals surface area contributed by atoms with Crippen molar-refractivity contribution in [1.29, 1.82) is 0 Å². The fourth-order valence-corrected chi connectivity index (χ4v) is 3.96. The Labute approximate surface area is 200 Å². The molecule has 2 aliphatic heterocycles. The number of carboxylic acids is 1. The summed E-state index contributed by atoms with van der Waals surface area (Å²) in [7, 11) is 0. The maximum Gasteiger partial charge on any atom is 0.335 e. The second kappa shape index (κ2) is 12.1. The van der Waals surface area contributed by atoms with Crippen LogP contribution in [0.2, 0.25) is 0 Å². The lowest BCUT2D eigenvalue weighted by molar-refractivity contribution is -0.337. The van der Waals surface area contributed by atoms with E-state index in [1.54, 1.807) is 24.3 Å². The third-order valence-corrected chi connectivity index (χ3v) is 5.69. The average molecular weight is 501 g/mol. The minimum atomic E-state index is -1.70. The second-order valence-electron chi connectivity index (χ2n) is 8.32. The molecule has 0 aliphatic carbocycles. The van der Waals surface area contributed by atoms with E-state index in [0.717, 1.165) is 12.5 Å². The summed E-state index contributed by atoms with van der Waals surface area (Å²) < 4.78 is 27.3. The monoisotopic (exact) mass is 501 g/mol. The van der Waals surface area contributed by atoms with Gasteiger partial charge in [0.2, 0.25) is 6.29 Å². The van der Waals surface area contributed by atoms with Crippen LogP contribution >= 0.6 is 0 Å². The van der Waals surface area contributed by atoms with Gasteiger partial charge in [-0.3, -0.25) is 4.79 Å². The number of hydrogen-bond acceptors (Lipinski definition) is 12. The number of hydrogen-bond donors (Lipinski definition) is 6. The molecule has 2 aliphatic rings. The number of aliphatic carboxylic acids is 1. The zero-order valence-corrected chi connectivity index (χ0v) is 19.0. The van der Waals surface area contributed by atoms with Crippen LogP contribution in [0.1, 0.15) is 18.9 Å². The van der Waals surface area contributed by atoms with Gasteiger partial charge in [0.15, 0.2) is 18.5 Å². The molecule has 2 saturated heterocycles. The van der Waals surface area contributed by atoms with Gasteiger partial charge in [-0.1, -0.05) is 12.1 Å². The van der Waals surface area contributed by atoms with Crippen molar-refractivity contribution in [3.8, 4) is 5.75 Å². The Kier molecular flexibility index (Phi) is 9.38. The molecule has 13 heteroatoms. The summed E-state index contributed by atoms with van der Waals surface area (Å²) in [6, 6.07) is 6.83. The summed E-state index contributed by atoms with van der Waals surface area (Å²) in [5.74, 6) is -1.90. The largest absolute Gasteiger partial charge is 0.479 e. The predicted octanol–water partition coefficient (Wildman–Crippen LogP) is -2.12. The van der Waals surface area contributed by atoms with Gasteiger partial charge in [-0.2, -0.15) is 0 Å². The maximum absolute atomic E-state index is 11.5. The minimum absolute atomic E-state index is 0.322. The molecule has 13 nitrogen and oxygen atoms in total. The van der Waals surface area contributed by atoms with Crippen molar-refractivity contribution in [2.45, 2.75) is 75.1 Å². The van der Waals surface area contributed by atoms with Crippen molar-refractivity contribution in [3.63, 3.8) is 0 Å². The van der Waals surface area contributed by atoms with E-state index in [0.29, 0.717) is 18.7 Å². The third-order valence-electron chi connectivity index (χ3n) is 5.69. The fraction of sp³-hybridized carbons (Fsp3) is 0.636. The number of ether oxygens (including phenoxy) is 5. The molecule has 0 radical (unpaired) electrons. The third kappa shape index (κ3) is 6.65. The van der Waals surface area contributed by atoms with Gasteiger partial charge in [0.1, 0.15) is 30.2 Å². The first-order chi connectivity index (χ1) is 16.6. The summed E-state index contributed by atoms with van der Waals surface area (Å²) >= 11 is 0. The number of benzene rings is 1. The number of nitrogens with two attached hydrogens (primary N) is 1. The van der Waals surface area contributed by atoms with Crippen LogP contribution in [0.4, 0.5) is 0 Å². The summed E-state index contributed by atoms with van der Waals surface area (Å²) in [6.07, 6.45) is -13.0. The van der Waals surface area contributed by atoms with Crippen LogP contribution in [0.3, 0.4) is 0 Å². The quantitative estimate of drug-likeness (QED) is 0.200. The molecule has 1 aromatic carbocycles. The molecule has 3 rings (SSSR count). The van der Waals surface area contributed by atoms with Crippen LogP contribution in [-0.2, 0) is 35.0 Å². The van der Waals surface area contributed by atoms with E-state index >= 15 is 0 Å². The molecule has 4 unspecified atom stereocenters. The van der Waals surface area contributed by atoms with Crippen molar-refractivity contribution in [3.05, 3.63) is 29.8 Å². The number of carboxylic acid groups (broad SMARTS) is 1. The van der Waals surface area contributed by atoms with Gasteiger partial charge in [0.05, 0.1) is 12.7 Å². The first-order valence-electron chi connectivity index (χ1n) is 11.1. The Hall–Kier alpha value is -2.36. The highest BCUT2D eigenvalue weighted by Crippen LogP contribution is 2.31. The molecule has 0 spiro atoms. The molecule has 0 saturated carbocycles. The van der Waals surface area contributed by atoms with E-state index in [2.05, 4.69) is 0 Å². The number of carbonyl (C=O) groups is 2. The van der Waals surface area contributed by atoms with Crippen LogP contribution in [-0.4, -0.2) is 106 Å². The van der Waals surface area contributed by atoms with E-state index in [-0.39, 0.29) is 6.42 Å². The number of aliphatic hydroxyl groups excluding tert-OH is 4. The normalized spacial score (nSPS) is 35.3. The Balaban J connectivity index is 1.79. The highest BCUT2D eigenvalue weighted by molar-refractivity contribution is 5.73. The van der Waals surface area contributed by atoms with E-state index in [4.69, 9.17) is 29.4 Å². The van der Waals surface area contributed by atoms with Gasteiger partial charge >= 0.3 is 11.9 Å². The van der Waals surface area contributed by atoms with Gasteiger partial charge < -0.3 is 55.0 Å². The topological polar surface area (TPSA) is 207 Å². The average Bonchev–Trinajstić information content (AvgIpc) is 2.80. The van der Waals surface area contributed by atoms with Crippen molar-refractivity contribution >= 4 is 11.9 Å². The lowest BCUT2D eigenvalue weighted by atomic mass is 9.98. The van der Waals surface area contributed by atoms with Crippen molar-refractivity contribution < 1.29 is 58.8 Å². The Morgan fingerprint density at radius 2 is 1.77 bits per heavy atom. The molecule has 0 aromatic heterocycles. The van der Waals surface area contributed by atoms with E-state index in [9.17, 15) is 35.1 Å². The molecule has 2 heterocycles. The highest BCUT2D eigenvalue weighted by Gasteiger charge is 2.51. The summed E-state index contributed by atoms with van der Waals surface area (Å²) in [6.45, 7) is 0.921. The molecular formula is C22H31NO12. The fourth-order valence-electron chi connectivity index (χ4n) is 3.96. The number of aliphatic hydroxyl groups is 4. The Morgan fingerprint density at radius 1 is 1.09 bits per heavy atom. The highest BCUT2D eigenvalue weighted by atomic mass is 16.7. The lowest BCUT2D eigenvalue weighted by Gasteiger charge is -2.45. The first-order valence-corrected chi connectivity index (χ1v) is 11.1. The van der Waals surface area contributed by atoms with Gasteiger partial charge in [-0.25, -0.2) is 4.79 Å². The summed E-state index contributed by atoms with van der Waals surface area (Å²) in [4.78, 5) is 23.0. The van der Waals surface area contributed by atoms with Crippen LogP contribution in [0, 0.1) is 0 Å². The van der Waals surface area contributed by atoms with Crippen molar-refractivity contribution in [1.82, 2.24) is 0 Å². The maximum atomic E-state index is 11.5. The zero-order valence-electron chi connectivity index (χ0n) is 19.0. The van der Waals surface area contributed by atoms with Crippen molar-refractivity contribution in [2.75, 3.05) is 13.2 Å². The van der Waals surface area contributed by atoms with Crippen LogP contribution in [0.5, 0.6) is 5.75 Å².